The van der Waals surface area contributed by atoms with E-state index in [0.29, 0.717) is 19.6 Å². The molecule has 8 heteroatoms. The third kappa shape index (κ3) is 6.35. The van der Waals surface area contributed by atoms with E-state index < -0.39 is 13.7 Å². The van der Waals surface area contributed by atoms with Crippen molar-refractivity contribution in [3.63, 3.8) is 0 Å². The summed E-state index contributed by atoms with van der Waals surface area (Å²) in [5.41, 5.74) is 0. The molecular weight excluding hydrogens is 261 g/mol. The molecule has 0 bridgehead atoms. The molecule has 0 heterocycles. The fraction of sp³-hybridized carbons (Fsp3) is 0.900. The highest BCUT2D eigenvalue weighted by molar-refractivity contribution is 7.53. The summed E-state index contributed by atoms with van der Waals surface area (Å²) < 4.78 is 26.9. The summed E-state index contributed by atoms with van der Waals surface area (Å²) in [6.45, 7) is 4.40. The van der Waals surface area contributed by atoms with Gasteiger partial charge in [0.05, 0.1) is 40.1 Å². The first kappa shape index (κ1) is 17.4. The lowest BCUT2D eigenvalue weighted by atomic mass is 10.5. The summed E-state index contributed by atoms with van der Waals surface area (Å²) in [6.07, 6.45) is 0.0614. The molecule has 0 saturated heterocycles. The van der Waals surface area contributed by atoms with Gasteiger partial charge in [-0.05, 0) is 20.3 Å². The Kier molecular flexibility index (Phi) is 9.01. The van der Waals surface area contributed by atoms with E-state index in [1.54, 1.807) is 13.8 Å². The monoisotopic (exact) mass is 283 g/mol. The Balaban J connectivity index is 4.20. The van der Waals surface area contributed by atoms with Crippen LogP contribution in [0.5, 0.6) is 0 Å². The predicted molar refractivity (Wildman–Crippen MR) is 66.5 cm³/mol. The second kappa shape index (κ2) is 9.33. The van der Waals surface area contributed by atoms with Crippen LogP contribution in [0.2, 0.25) is 0 Å². The summed E-state index contributed by atoms with van der Waals surface area (Å²) >= 11 is 0. The number of hydrogen-bond donors (Lipinski definition) is 0. The normalized spacial score (nSPS) is 11.3. The minimum Gasteiger partial charge on any atom is -0.451 e. The van der Waals surface area contributed by atoms with E-state index in [0.717, 1.165) is 5.06 Å². The van der Waals surface area contributed by atoms with Gasteiger partial charge < -0.3 is 13.8 Å². The highest BCUT2D eigenvalue weighted by Crippen LogP contribution is 2.48. The van der Waals surface area contributed by atoms with Crippen LogP contribution in [0, 0.1) is 0 Å². The van der Waals surface area contributed by atoms with Crippen LogP contribution in [0.3, 0.4) is 0 Å². The van der Waals surface area contributed by atoms with Gasteiger partial charge in [-0.3, -0.25) is 9.40 Å². The van der Waals surface area contributed by atoms with Gasteiger partial charge in [0, 0.05) is 0 Å². The number of methoxy groups -OCH3 is 1. The van der Waals surface area contributed by atoms with Crippen LogP contribution in [0.1, 0.15) is 20.3 Å². The van der Waals surface area contributed by atoms with Gasteiger partial charge in [-0.1, -0.05) is 0 Å². The van der Waals surface area contributed by atoms with Gasteiger partial charge in [0.2, 0.25) is 0 Å². The Bertz CT molecular complexity index is 276. The van der Waals surface area contributed by atoms with E-state index in [1.807, 2.05) is 0 Å². The third-order valence-electron chi connectivity index (χ3n) is 2.04. The summed E-state index contributed by atoms with van der Waals surface area (Å²) in [7, 11) is -0.433. The SMILES string of the molecule is CCOP(=O)(CCCN(OC)C(=O)OC)OCC. The Hall–Kier alpha value is -0.620. The van der Waals surface area contributed by atoms with E-state index in [2.05, 4.69) is 4.74 Å². The van der Waals surface area contributed by atoms with Gasteiger partial charge in [0.15, 0.2) is 0 Å². The van der Waals surface area contributed by atoms with Gasteiger partial charge in [0.25, 0.3) is 0 Å². The van der Waals surface area contributed by atoms with Crippen molar-refractivity contribution in [2.75, 3.05) is 40.1 Å². The molecule has 1 amide bonds. The molecule has 108 valence electrons. The van der Waals surface area contributed by atoms with Gasteiger partial charge >= 0.3 is 13.7 Å². The highest BCUT2D eigenvalue weighted by atomic mass is 31.2. The Labute approximate surface area is 108 Å². The van der Waals surface area contributed by atoms with Crippen molar-refractivity contribution in [2.24, 2.45) is 0 Å². The molecule has 0 N–H and O–H groups in total. The lowest BCUT2D eigenvalue weighted by Gasteiger charge is -2.20. The van der Waals surface area contributed by atoms with Crippen molar-refractivity contribution in [1.82, 2.24) is 5.06 Å². The number of hydroxylamine groups is 2. The number of amides is 1. The summed E-state index contributed by atoms with van der Waals surface area (Å²) in [4.78, 5) is 16.0. The molecular formula is C10H22NO6P. The molecule has 0 aliphatic heterocycles. The zero-order valence-corrected chi connectivity index (χ0v) is 12.3. The Morgan fingerprint density at radius 1 is 1.17 bits per heavy atom. The van der Waals surface area contributed by atoms with Crippen molar-refractivity contribution in [3.05, 3.63) is 0 Å². The topological polar surface area (TPSA) is 74.3 Å². The van der Waals surface area contributed by atoms with Crippen molar-refractivity contribution in [1.29, 1.82) is 0 Å². The standard InChI is InChI=1S/C10H22NO6P/c1-5-16-18(13,17-6-2)9-7-8-11(15-4)10(12)14-3/h5-9H2,1-4H3. The van der Waals surface area contributed by atoms with E-state index >= 15 is 0 Å². The number of ether oxygens (including phenoxy) is 1. The minimum atomic E-state index is -3.06. The number of rotatable bonds is 9. The molecule has 7 nitrogen and oxygen atoms in total. The second-order valence-corrected chi connectivity index (χ2v) is 5.46. The smallest absolute Gasteiger partial charge is 0.433 e. The third-order valence-corrected chi connectivity index (χ3v) is 4.21. The first-order chi connectivity index (χ1) is 8.52. The van der Waals surface area contributed by atoms with Crippen LogP contribution in [0.25, 0.3) is 0 Å². The van der Waals surface area contributed by atoms with E-state index in [-0.39, 0.29) is 12.7 Å². The zero-order valence-electron chi connectivity index (χ0n) is 11.4. The predicted octanol–water partition coefficient (Wildman–Crippen LogP) is 2.27. The molecule has 18 heavy (non-hydrogen) atoms. The minimum absolute atomic E-state index is 0.228. The average molecular weight is 283 g/mol. The number of nitrogens with zero attached hydrogens (tertiary/aromatic N) is 1. The van der Waals surface area contributed by atoms with Crippen molar-refractivity contribution >= 4 is 13.7 Å². The second-order valence-electron chi connectivity index (χ2n) is 3.28. The largest absolute Gasteiger partial charge is 0.451 e. The number of carbonyl (C=O) groups is 1. The van der Waals surface area contributed by atoms with Crippen molar-refractivity contribution < 1.29 is 28.0 Å². The van der Waals surface area contributed by atoms with Crippen LogP contribution < -0.4 is 0 Å². The fourth-order valence-corrected chi connectivity index (χ4v) is 2.97. The van der Waals surface area contributed by atoms with Crippen LogP contribution in [0.4, 0.5) is 4.79 Å². The molecule has 0 spiro atoms. The van der Waals surface area contributed by atoms with E-state index in [1.165, 1.54) is 14.2 Å². The van der Waals surface area contributed by atoms with Gasteiger partial charge in [-0.15, -0.1) is 0 Å². The lowest BCUT2D eigenvalue weighted by Crippen LogP contribution is -2.31. The van der Waals surface area contributed by atoms with Crippen LogP contribution >= 0.6 is 7.60 Å². The van der Waals surface area contributed by atoms with Gasteiger partial charge in [-0.2, -0.15) is 5.06 Å². The summed E-state index contributed by atoms with van der Waals surface area (Å²) in [5.74, 6) is 0. The van der Waals surface area contributed by atoms with Gasteiger partial charge in [0.1, 0.15) is 0 Å². The van der Waals surface area contributed by atoms with Crippen molar-refractivity contribution in [2.45, 2.75) is 20.3 Å². The maximum atomic E-state index is 12.1. The zero-order chi connectivity index (χ0) is 14.0. The summed E-state index contributed by atoms with van der Waals surface area (Å²) in [5, 5.41) is 1.04. The van der Waals surface area contributed by atoms with Crippen LogP contribution in [0.15, 0.2) is 0 Å². The molecule has 0 aromatic rings. The molecule has 0 rings (SSSR count). The van der Waals surface area contributed by atoms with Crippen LogP contribution in [-0.4, -0.2) is 51.3 Å². The molecule has 0 aliphatic rings. The molecule has 0 aromatic carbocycles. The van der Waals surface area contributed by atoms with E-state index in [4.69, 9.17) is 13.9 Å². The first-order valence-electron chi connectivity index (χ1n) is 5.80. The molecule has 0 atom stereocenters. The van der Waals surface area contributed by atoms with Gasteiger partial charge in [-0.25, -0.2) is 4.79 Å². The Morgan fingerprint density at radius 2 is 1.72 bits per heavy atom. The average Bonchev–Trinajstić information content (AvgIpc) is 2.34. The maximum absolute atomic E-state index is 12.1. The maximum Gasteiger partial charge on any atom is 0.433 e. The molecule has 0 radical (unpaired) electrons. The van der Waals surface area contributed by atoms with Crippen LogP contribution in [-0.2, 0) is 23.2 Å². The molecule has 0 unspecified atom stereocenters. The van der Waals surface area contributed by atoms with E-state index in [9.17, 15) is 9.36 Å². The molecule has 0 aliphatic carbocycles. The molecule has 0 fully saturated rings. The number of hydrogen-bond acceptors (Lipinski definition) is 6. The highest BCUT2D eigenvalue weighted by Gasteiger charge is 2.24. The number of carbonyl (C=O) groups excluding carboxylic acids is 1. The Morgan fingerprint density at radius 3 is 2.11 bits per heavy atom. The quantitative estimate of drug-likeness (QED) is 0.477. The van der Waals surface area contributed by atoms with Crippen molar-refractivity contribution in [3.8, 4) is 0 Å². The molecule has 0 aromatic heterocycles. The summed E-state index contributed by atoms with van der Waals surface area (Å²) in [6, 6.07) is 0. The molecule has 0 saturated carbocycles. The first-order valence-corrected chi connectivity index (χ1v) is 7.53. The fourth-order valence-electron chi connectivity index (χ4n) is 1.33. The lowest BCUT2D eigenvalue weighted by molar-refractivity contribution is -0.106.